The predicted molar refractivity (Wildman–Crippen MR) is 75.8 cm³/mol. The second-order valence-electron chi connectivity index (χ2n) is 3.95. The van der Waals surface area contributed by atoms with Crippen LogP contribution in [0.3, 0.4) is 0 Å². The molecule has 1 amide bonds. The van der Waals surface area contributed by atoms with Crippen molar-refractivity contribution in [3.63, 3.8) is 0 Å². The molecule has 18 heavy (non-hydrogen) atoms. The van der Waals surface area contributed by atoms with Crippen LogP contribution in [0.25, 0.3) is 11.0 Å². The Balaban J connectivity index is 2.01. The van der Waals surface area contributed by atoms with Crippen molar-refractivity contribution in [1.82, 2.24) is 9.97 Å². The summed E-state index contributed by atoms with van der Waals surface area (Å²) in [5, 5.41) is 3.81. The van der Waals surface area contributed by atoms with E-state index in [1.165, 1.54) is 0 Å². The van der Waals surface area contributed by atoms with E-state index in [9.17, 15) is 4.79 Å². The lowest BCUT2D eigenvalue weighted by Crippen LogP contribution is -2.11. The molecule has 1 aromatic heterocycles. The van der Waals surface area contributed by atoms with Gasteiger partial charge in [-0.05, 0) is 31.0 Å². The van der Waals surface area contributed by atoms with Crippen LogP contribution < -0.4 is 5.32 Å². The first kappa shape index (κ1) is 13.0. The molecule has 1 aromatic carbocycles. The minimum Gasteiger partial charge on any atom is -0.326 e. The van der Waals surface area contributed by atoms with Gasteiger partial charge >= 0.3 is 0 Å². The number of nitrogens with one attached hydrogen (secondary N) is 1. The van der Waals surface area contributed by atoms with E-state index < -0.39 is 0 Å². The minimum atomic E-state index is 0.0409. The summed E-state index contributed by atoms with van der Waals surface area (Å²) in [7, 11) is 0. The van der Waals surface area contributed by atoms with Crippen LogP contribution in [0.15, 0.2) is 30.6 Å². The van der Waals surface area contributed by atoms with Crippen LogP contribution in [0, 0.1) is 0 Å². The fourth-order valence-corrected chi connectivity index (χ4v) is 2.04. The molecule has 0 atom stereocenters. The van der Waals surface area contributed by atoms with Crippen molar-refractivity contribution < 1.29 is 4.79 Å². The summed E-state index contributed by atoms with van der Waals surface area (Å²) < 4.78 is 0. The number of halogens is 1. The Morgan fingerprint density at radius 3 is 2.72 bits per heavy atom. The highest BCUT2D eigenvalue weighted by Crippen LogP contribution is 2.15. The largest absolute Gasteiger partial charge is 0.326 e. The molecule has 1 heterocycles. The van der Waals surface area contributed by atoms with Gasteiger partial charge in [-0.1, -0.05) is 15.9 Å². The van der Waals surface area contributed by atoms with Crippen molar-refractivity contribution in [3.05, 3.63) is 30.6 Å². The van der Waals surface area contributed by atoms with Crippen molar-refractivity contribution in [2.45, 2.75) is 19.3 Å². The van der Waals surface area contributed by atoms with Crippen LogP contribution in [0.5, 0.6) is 0 Å². The second kappa shape index (κ2) is 6.44. The number of benzene rings is 1. The van der Waals surface area contributed by atoms with Gasteiger partial charge in [0.05, 0.1) is 11.0 Å². The number of hydrogen-bond donors (Lipinski definition) is 1. The number of nitrogens with zero attached hydrogens (tertiary/aromatic N) is 2. The molecule has 0 radical (unpaired) electrons. The highest BCUT2D eigenvalue weighted by molar-refractivity contribution is 9.09. The van der Waals surface area contributed by atoms with Crippen molar-refractivity contribution >= 4 is 38.6 Å². The molecular formula is C13H14BrN3O. The summed E-state index contributed by atoms with van der Waals surface area (Å²) in [5.74, 6) is 0.0409. The van der Waals surface area contributed by atoms with Crippen LogP contribution in [-0.4, -0.2) is 21.2 Å². The van der Waals surface area contributed by atoms with Gasteiger partial charge in [0.2, 0.25) is 5.91 Å². The first-order chi connectivity index (χ1) is 8.79. The van der Waals surface area contributed by atoms with Crippen molar-refractivity contribution in [1.29, 1.82) is 0 Å². The van der Waals surface area contributed by atoms with E-state index in [1.54, 1.807) is 12.4 Å². The smallest absolute Gasteiger partial charge is 0.224 e. The highest BCUT2D eigenvalue weighted by Gasteiger charge is 2.03. The van der Waals surface area contributed by atoms with E-state index >= 15 is 0 Å². The molecule has 1 N–H and O–H groups in total. The second-order valence-corrected chi connectivity index (χ2v) is 4.75. The number of unbranched alkanes of at least 4 members (excludes halogenated alkanes) is 1. The molecule has 5 heteroatoms. The van der Waals surface area contributed by atoms with Crippen LogP contribution in [0.4, 0.5) is 5.69 Å². The molecule has 94 valence electrons. The molecule has 0 unspecified atom stereocenters. The van der Waals surface area contributed by atoms with Gasteiger partial charge in [0.25, 0.3) is 0 Å². The van der Waals surface area contributed by atoms with Gasteiger partial charge in [-0.15, -0.1) is 0 Å². The number of amides is 1. The SMILES string of the molecule is O=C(CCCCBr)Nc1ccc2nccnc2c1. The Hall–Kier alpha value is -1.49. The molecule has 0 aliphatic heterocycles. The van der Waals surface area contributed by atoms with Crippen LogP contribution in [-0.2, 0) is 4.79 Å². The van der Waals surface area contributed by atoms with Crippen LogP contribution in [0.1, 0.15) is 19.3 Å². The zero-order chi connectivity index (χ0) is 12.8. The number of rotatable bonds is 5. The van der Waals surface area contributed by atoms with E-state index in [2.05, 4.69) is 31.2 Å². The maximum absolute atomic E-state index is 11.7. The maximum atomic E-state index is 11.7. The lowest BCUT2D eigenvalue weighted by molar-refractivity contribution is -0.116. The predicted octanol–water partition coefficient (Wildman–Crippen LogP) is 3.13. The summed E-state index contributed by atoms with van der Waals surface area (Å²) in [6.07, 6.45) is 5.75. The number of carbonyl (C=O) groups is 1. The zero-order valence-electron chi connectivity index (χ0n) is 9.90. The van der Waals surface area contributed by atoms with Gasteiger partial charge in [0.1, 0.15) is 0 Å². The number of carbonyl (C=O) groups excluding carboxylic acids is 1. The number of aromatic nitrogens is 2. The summed E-state index contributed by atoms with van der Waals surface area (Å²) in [6, 6.07) is 5.54. The molecule has 0 aliphatic rings. The molecule has 0 saturated carbocycles. The third-order valence-corrected chi connectivity index (χ3v) is 3.10. The van der Waals surface area contributed by atoms with Gasteiger partial charge in [-0.2, -0.15) is 0 Å². The van der Waals surface area contributed by atoms with E-state index in [0.29, 0.717) is 6.42 Å². The summed E-state index contributed by atoms with van der Waals surface area (Å²) in [6.45, 7) is 0. The lowest BCUT2D eigenvalue weighted by Gasteiger charge is -2.05. The Labute approximate surface area is 114 Å². The fourth-order valence-electron chi connectivity index (χ4n) is 1.64. The van der Waals surface area contributed by atoms with E-state index in [4.69, 9.17) is 0 Å². The van der Waals surface area contributed by atoms with E-state index in [1.807, 2.05) is 18.2 Å². The Morgan fingerprint density at radius 1 is 1.17 bits per heavy atom. The fraction of sp³-hybridized carbons (Fsp3) is 0.308. The quantitative estimate of drug-likeness (QED) is 0.682. The van der Waals surface area contributed by atoms with Gasteiger partial charge < -0.3 is 5.32 Å². The summed E-state index contributed by atoms with van der Waals surface area (Å²) >= 11 is 3.35. The molecule has 0 bridgehead atoms. The van der Waals surface area contributed by atoms with Crippen LogP contribution >= 0.6 is 15.9 Å². The minimum absolute atomic E-state index is 0.0409. The number of alkyl halides is 1. The molecule has 2 aromatic rings. The molecule has 0 saturated heterocycles. The standard InChI is InChI=1S/C13H14BrN3O/c14-6-2-1-3-13(18)17-10-4-5-11-12(9-10)16-8-7-15-11/h4-5,7-9H,1-3,6H2,(H,17,18). The van der Waals surface area contributed by atoms with Crippen molar-refractivity contribution in [2.24, 2.45) is 0 Å². The molecule has 0 fully saturated rings. The number of anilines is 1. The van der Waals surface area contributed by atoms with E-state index in [-0.39, 0.29) is 5.91 Å². The Morgan fingerprint density at radius 2 is 1.94 bits per heavy atom. The third-order valence-electron chi connectivity index (χ3n) is 2.54. The maximum Gasteiger partial charge on any atom is 0.224 e. The first-order valence-electron chi connectivity index (χ1n) is 5.86. The Bertz CT molecular complexity index is 545. The number of fused-ring (bicyclic) bond motifs is 1. The monoisotopic (exact) mass is 307 g/mol. The average molecular weight is 308 g/mol. The molecule has 0 aliphatic carbocycles. The molecule has 4 nitrogen and oxygen atoms in total. The van der Waals surface area contributed by atoms with Gasteiger partial charge in [-0.25, -0.2) is 0 Å². The first-order valence-corrected chi connectivity index (χ1v) is 6.98. The van der Waals surface area contributed by atoms with E-state index in [0.717, 1.165) is 34.9 Å². The molecule has 2 rings (SSSR count). The van der Waals surface area contributed by atoms with Crippen molar-refractivity contribution in [3.8, 4) is 0 Å². The van der Waals surface area contributed by atoms with Gasteiger partial charge in [0, 0.05) is 29.8 Å². The summed E-state index contributed by atoms with van der Waals surface area (Å²) in [4.78, 5) is 20.0. The van der Waals surface area contributed by atoms with Gasteiger partial charge in [-0.3, -0.25) is 14.8 Å². The number of hydrogen-bond acceptors (Lipinski definition) is 3. The summed E-state index contributed by atoms with van der Waals surface area (Å²) in [5.41, 5.74) is 2.39. The van der Waals surface area contributed by atoms with Gasteiger partial charge in [0.15, 0.2) is 0 Å². The normalized spacial score (nSPS) is 10.5. The molecular weight excluding hydrogens is 294 g/mol. The topological polar surface area (TPSA) is 54.9 Å². The molecule has 0 spiro atoms. The highest BCUT2D eigenvalue weighted by atomic mass is 79.9. The van der Waals surface area contributed by atoms with Crippen LogP contribution in [0.2, 0.25) is 0 Å². The zero-order valence-corrected chi connectivity index (χ0v) is 11.5. The van der Waals surface area contributed by atoms with Crippen molar-refractivity contribution in [2.75, 3.05) is 10.6 Å². The average Bonchev–Trinajstić information content (AvgIpc) is 2.39. The lowest BCUT2D eigenvalue weighted by atomic mass is 10.2. The Kier molecular flexibility index (Phi) is 4.64. The third kappa shape index (κ3) is 3.50.